The Hall–Kier alpha value is -1.33. The SMILES string of the molecule is CN(Cc1ccco1)c1ncc(Br)cc1CNC(C)(C)C. The standard InChI is InChI=1S/C16H22BrN3O/c1-16(2,3)19-9-12-8-13(17)10-18-15(12)20(4)11-14-6-5-7-21-14/h5-8,10,19H,9,11H2,1-4H3. The highest BCUT2D eigenvalue weighted by molar-refractivity contribution is 9.10. The number of halogens is 1. The molecule has 5 heteroatoms. The van der Waals surface area contributed by atoms with Crippen LogP contribution in [0.3, 0.4) is 0 Å². The molecule has 1 N–H and O–H groups in total. The summed E-state index contributed by atoms with van der Waals surface area (Å²) in [5.41, 5.74) is 1.23. The first-order chi connectivity index (χ1) is 9.85. The Morgan fingerprint density at radius 2 is 2.14 bits per heavy atom. The summed E-state index contributed by atoms with van der Waals surface area (Å²) >= 11 is 3.50. The predicted octanol–water partition coefficient (Wildman–Crippen LogP) is 3.96. The van der Waals surface area contributed by atoms with Crippen molar-refractivity contribution in [2.45, 2.75) is 39.4 Å². The molecule has 0 spiro atoms. The molecule has 2 aromatic heterocycles. The van der Waals surface area contributed by atoms with Crippen LogP contribution in [0.25, 0.3) is 0 Å². The monoisotopic (exact) mass is 351 g/mol. The lowest BCUT2D eigenvalue weighted by atomic mass is 10.1. The van der Waals surface area contributed by atoms with Gasteiger partial charge in [-0.1, -0.05) is 0 Å². The van der Waals surface area contributed by atoms with E-state index in [0.29, 0.717) is 6.54 Å². The number of furan rings is 1. The number of rotatable bonds is 5. The van der Waals surface area contributed by atoms with Crippen LogP contribution >= 0.6 is 15.9 Å². The van der Waals surface area contributed by atoms with E-state index in [4.69, 9.17) is 4.42 Å². The van der Waals surface area contributed by atoms with Crippen molar-refractivity contribution in [3.63, 3.8) is 0 Å². The van der Waals surface area contributed by atoms with E-state index in [2.05, 4.69) is 58.0 Å². The molecule has 0 bridgehead atoms. The summed E-state index contributed by atoms with van der Waals surface area (Å²) in [5.74, 6) is 1.89. The Balaban J connectivity index is 2.17. The van der Waals surface area contributed by atoms with Crippen LogP contribution in [0.1, 0.15) is 32.1 Å². The van der Waals surface area contributed by atoms with E-state index in [9.17, 15) is 0 Å². The molecule has 114 valence electrons. The maximum absolute atomic E-state index is 5.41. The summed E-state index contributed by atoms with van der Waals surface area (Å²) in [6.45, 7) is 7.94. The minimum Gasteiger partial charge on any atom is -0.467 e. The van der Waals surface area contributed by atoms with Crippen LogP contribution < -0.4 is 10.2 Å². The van der Waals surface area contributed by atoms with Gasteiger partial charge in [0.25, 0.3) is 0 Å². The Morgan fingerprint density at radius 1 is 1.38 bits per heavy atom. The van der Waals surface area contributed by atoms with Gasteiger partial charge in [-0.15, -0.1) is 0 Å². The summed E-state index contributed by atoms with van der Waals surface area (Å²) in [5, 5.41) is 3.51. The highest BCUT2D eigenvalue weighted by Gasteiger charge is 2.14. The van der Waals surface area contributed by atoms with Gasteiger partial charge >= 0.3 is 0 Å². The third-order valence-electron chi connectivity index (χ3n) is 3.05. The molecule has 2 rings (SSSR count). The summed E-state index contributed by atoms with van der Waals surface area (Å²) in [7, 11) is 2.03. The fraction of sp³-hybridized carbons (Fsp3) is 0.438. The lowest BCUT2D eigenvalue weighted by molar-refractivity contribution is 0.423. The summed E-state index contributed by atoms with van der Waals surface area (Å²) in [6.07, 6.45) is 3.52. The minimum atomic E-state index is 0.0686. The minimum absolute atomic E-state index is 0.0686. The molecular formula is C16H22BrN3O. The number of nitrogens with one attached hydrogen (secondary N) is 1. The molecule has 0 aliphatic rings. The molecule has 0 saturated carbocycles. The lowest BCUT2D eigenvalue weighted by Gasteiger charge is -2.24. The highest BCUT2D eigenvalue weighted by atomic mass is 79.9. The zero-order chi connectivity index (χ0) is 15.5. The smallest absolute Gasteiger partial charge is 0.133 e. The molecule has 0 amide bonds. The van der Waals surface area contributed by atoms with Crippen molar-refractivity contribution in [1.29, 1.82) is 0 Å². The van der Waals surface area contributed by atoms with Gasteiger partial charge in [-0.3, -0.25) is 0 Å². The van der Waals surface area contributed by atoms with Gasteiger partial charge in [0, 0.05) is 35.4 Å². The third-order valence-corrected chi connectivity index (χ3v) is 3.49. The van der Waals surface area contributed by atoms with Crippen molar-refractivity contribution in [3.05, 3.63) is 46.5 Å². The van der Waals surface area contributed by atoms with Crippen molar-refractivity contribution in [3.8, 4) is 0 Å². The van der Waals surface area contributed by atoms with Crippen molar-refractivity contribution in [2.24, 2.45) is 0 Å². The average Bonchev–Trinajstić information content (AvgIpc) is 2.88. The molecule has 0 aliphatic carbocycles. The Labute approximate surface area is 134 Å². The Bertz CT molecular complexity index is 576. The zero-order valence-corrected chi connectivity index (χ0v) is 14.6. The second kappa shape index (κ2) is 6.62. The largest absolute Gasteiger partial charge is 0.467 e. The molecule has 0 aromatic carbocycles. The molecule has 2 aromatic rings. The second-order valence-electron chi connectivity index (χ2n) is 6.18. The predicted molar refractivity (Wildman–Crippen MR) is 89.3 cm³/mol. The van der Waals surface area contributed by atoms with E-state index in [1.54, 1.807) is 6.26 Å². The molecule has 0 fully saturated rings. The quantitative estimate of drug-likeness (QED) is 0.884. The normalized spacial score (nSPS) is 11.7. The summed E-state index contributed by atoms with van der Waals surface area (Å²) < 4.78 is 6.40. The Kier molecular flexibility index (Phi) is 5.06. The van der Waals surface area contributed by atoms with Crippen LogP contribution in [0.2, 0.25) is 0 Å². The van der Waals surface area contributed by atoms with Gasteiger partial charge in [-0.05, 0) is 54.9 Å². The van der Waals surface area contributed by atoms with Gasteiger partial charge in [0.15, 0.2) is 0 Å². The summed E-state index contributed by atoms with van der Waals surface area (Å²) in [6, 6.07) is 5.99. The summed E-state index contributed by atoms with van der Waals surface area (Å²) in [4.78, 5) is 6.66. The zero-order valence-electron chi connectivity index (χ0n) is 13.0. The van der Waals surface area contributed by atoms with Crippen LogP contribution in [0, 0.1) is 0 Å². The molecule has 0 atom stereocenters. The Morgan fingerprint density at radius 3 is 2.76 bits per heavy atom. The van der Waals surface area contributed by atoms with Gasteiger partial charge in [0.2, 0.25) is 0 Å². The number of aromatic nitrogens is 1. The average molecular weight is 352 g/mol. The van der Waals surface area contributed by atoms with Crippen LogP contribution in [-0.4, -0.2) is 17.6 Å². The van der Waals surface area contributed by atoms with Crippen LogP contribution in [0.4, 0.5) is 5.82 Å². The molecule has 0 saturated heterocycles. The topological polar surface area (TPSA) is 41.3 Å². The van der Waals surface area contributed by atoms with Gasteiger partial charge in [-0.25, -0.2) is 4.98 Å². The van der Waals surface area contributed by atoms with Gasteiger partial charge < -0.3 is 14.6 Å². The molecule has 0 radical (unpaired) electrons. The maximum Gasteiger partial charge on any atom is 0.133 e. The number of hydrogen-bond donors (Lipinski definition) is 1. The fourth-order valence-electron chi connectivity index (χ4n) is 2.02. The van der Waals surface area contributed by atoms with E-state index in [1.807, 2.05) is 25.4 Å². The number of pyridine rings is 1. The van der Waals surface area contributed by atoms with Crippen LogP contribution in [0.5, 0.6) is 0 Å². The lowest BCUT2D eigenvalue weighted by Crippen LogP contribution is -2.35. The number of anilines is 1. The van der Waals surface area contributed by atoms with E-state index < -0.39 is 0 Å². The molecule has 0 aliphatic heterocycles. The highest BCUT2D eigenvalue weighted by Crippen LogP contribution is 2.23. The molecule has 21 heavy (non-hydrogen) atoms. The molecular weight excluding hydrogens is 330 g/mol. The van der Waals surface area contributed by atoms with E-state index >= 15 is 0 Å². The maximum atomic E-state index is 5.41. The van der Waals surface area contributed by atoms with Gasteiger partial charge in [0.1, 0.15) is 11.6 Å². The first-order valence-corrected chi connectivity index (χ1v) is 7.77. The molecule has 4 nitrogen and oxygen atoms in total. The third kappa shape index (κ3) is 4.86. The van der Waals surface area contributed by atoms with Crippen molar-refractivity contribution >= 4 is 21.7 Å². The van der Waals surface area contributed by atoms with Gasteiger partial charge in [-0.2, -0.15) is 0 Å². The number of hydrogen-bond acceptors (Lipinski definition) is 4. The van der Waals surface area contributed by atoms with Crippen molar-refractivity contribution < 1.29 is 4.42 Å². The van der Waals surface area contributed by atoms with E-state index in [1.165, 1.54) is 0 Å². The van der Waals surface area contributed by atoms with Crippen molar-refractivity contribution in [1.82, 2.24) is 10.3 Å². The fourth-order valence-corrected chi connectivity index (χ4v) is 2.40. The molecule has 0 unspecified atom stereocenters. The van der Waals surface area contributed by atoms with Crippen LogP contribution in [-0.2, 0) is 13.1 Å². The van der Waals surface area contributed by atoms with E-state index in [0.717, 1.165) is 28.2 Å². The first kappa shape index (κ1) is 16.0. The number of nitrogens with zero attached hydrogens (tertiary/aromatic N) is 2. The van der Waals surface area contributed by atoms with Crippen LogP contribution in [0.15, 0.2) is 39.5 Å². The first-order valence-electron chi connectivity index (χ1n) is 6.98. The second-order valence-corrected chi connectivity index (χ2v) is 7.09. The van der Waals surface area contributed by atoms with E-state index in [-0.39, 0.29) is 5.54 Å². The van der Waals surface area contributed by atoms with Gasteiger partial charge in [0.05, 0.1) is 12.8 Å². The molecule has 2 heterocycles. The van der Waals surface area contributed by atoms with Crippen molar-refractivity contribution in [2.75, 3.05) is 11.9 Å².